The molecular weight excluding hydrogens is 188 g/mol. The third-order valence-corrected chi connectivity index (χ3v) is 3.61. The first kappa shape index (κ1) is 12.9. The summed E-state index contributed by atoms with van der Waals surface area (Å²) in [6, 6.07) is 0.313. The van der Waals surface area contributed by atoms with E-state index in [4.69, 9.17) is 10.6 Å². The van der Waals surface area contributed by atoms with Crippen LogP contribution < -0.4 is 11.3 Å². The zero-order valence-corrected chi connectivity index (χ0v) is 10.3. The molecule has 0 aromatic heterocycles. The minimum absolute atomic E-state index is 0.218. The quantitative estimate of drug-likeness (QED) is 0.544. The topological polar surface area (TPSA) is 47.3 Å². The second-order valence-electron chi connectivity index (χ2n) is 4.88. The Morgan fingerprint density at radius 3 is 2.73 bits per heavy atom. The summed E-state index contributed by atoms with van der Waals surface area (Å²) >= 11 is 0. The number of nitrogens with two attached hydrogens (primary N) is 1. The van der Waals surface area contributed by atoms with Gasteiger partial charge in [-0.25, -0.2) is 0 Å². The van der Waals surface area contributed by atoms with E-state index in [0.717, 1.165) is 12.5 Å². The fourth-order valence-corrected chi connectivity index (χ4v) is 2.83. The molecule has 0 heterocycles. The molecule has 0 amide bonds. The molecule has 1 rings (SSSR count). The monoisotopic (exact) mass is 214 g/mol. The molecule has 0 spiro atoms. The fraction of sp³-hybridized carbons (Fsp3) is 1.00. The Labute approximate surface area is 93.7 Å². The normalized spacial score (nSPS) is 31.2. The SMILES string of the molecule is CCOC(C)C(NN)C1CCCC(C)C1. The van der Waals surface area contributed by atoms with Crippen molar-refractivity contribution in [2.75, 3.05) is 6.61 Å². The third kappa shape index (κ3) is 3.74. The summed E-state index contributed by atoms with van der Waals surface area (Å²) in [7, 11) is 0. The van der Waals surface area contributed by atoms with Crippen LogP contribution in [0.4, 0.5) is 0 Å². The van der Waals surface area contributed by atoms with Gasteiger partial charge in [0.05, 0.1) is 6.10 Å². The molecule has 1 aliphatic rings. The molecule has 4 atom stereocenters. The molecule has 0 aliphatic heterocycles. The summed E-state index contributed by atoms with van der Waals surface area (Å²) in [6.07, 6.45) is 5.50. The molecule has 1 aliphatic carbocycles. The van der Waals surface area contributed by atoms with Gasteiger partial charge in [-0.2, -0.15) is 0 Å². The van der Waals surface area contributed by atoms with Gasteiger partial charge < -0.3 is 4.74 Å². The molecule has 1 fully saturated rings. The van der Waals surface area contributed by atoms with Crippen molar-refractivity contribution >= 4 is 0 Å². The first-order valence-corrected chi connectivity index (χ1v) is 6.26. The standard InChI is InChI=1S/C12H26N2O/c1-4-15-10(3)12(14-13)11-7-5-6-9(2)8-11/h9-12,14H,4-8,13H2,1-3H3. The van der Waals surface area contributed by atoms with E-state index in [1.54, 1.807) is 0 Å². The predicted molar refractivity (Wildman–Crippen MR) is 63.3 cm³/mol. The minimum atomic E-state index is 0.218. The molecule has 3 N–H and O–H groups in total. The van der Waals surface area contributed by atoms with Gasteiger partial charge >= 0.3 is 0 Å². The summed E-state index contributed by atoms with van der Waals surface area (Å²) in [6.45, 7) is 7.26. The van der Waals surface area contributed by atoms with E-state index in [9.17, 15) is 0 Å². The predicted octanol–water partition coefficient (Wildman–Crippen LogP) is 2.07. The highest BCUT2D eigenvalue weighted by molar-refractivity contribution is 4.84. The van der Waals surface area contributed by atoms with Crippen LogP contribution in [-0.4, -0.2) is 18.8 Å². The van der Waals surface area contributed by atoms with Crippen LogP contribution in [0.2, 0.25) is 0 Å². The number of rotatable bonds is 5. The summed E-state index contributed by atoms with van der Waals surface area (Å²) in [5, 5.41) is 0. The Hall–Kier alpha value is -0.120. The number of hydrogen-bond donors (Lipinski definition) is 2. The van der Waals surface area contributed by atoms with Gasteiger partial charge in [-0.15, -0.1) is 0 Å². The average molecular weight is 214 g/mol. The lowest BCUT2D eigenvalue weighted by molar-refractivity contribution is 0.0199. The molecule has 3 nitrogen and oxygen atoms in total. The largest absolute Gasteiger partial charge is 0.377 e. The number of hydrogen-bond acceptors (Lipinski definition) is 3. The van der Waals surface area contributed by atoms with Crippen molar-refractivity contribution < 1.29 is 4.74 Å². The highest BCUT2D eigenvalue weighted by atomic mass is 16.5. The van der Waals surface area contributed by atoms with Crippen LogP contribution in [-0.2, 0) is 4.74 Å². The molecule has 15 heavy (non-hydrogen) atoms. The zero-order valence-electron chi connectivity index (χ0n) is 10.3. The van der Waals surface area contributed by atoms with Crippen LogP contribution in [0.3, 0.4) is 0 Å². The molecule has 4 unspecified atom stereocenters. The van der Waals surface area contributed by atoms with E-state index < -0.39 is 0 Å². The van der Waals surface area contributed by atoms with Crippen LogP contribution in [0.1, 0.15) is 46.5 Å². The van der Waals surface area contributed by atoms with Crippen LogP contribution in [0.5, 0.6) is 0 Å². The second-order valence-corrected chi connectivity index (χ2v) is 4.88. The molecule has 0 saturated heterocycles. The van der Waals surface area contributed by atoms with E-state index in [1.165, 1.54) is 25.7 Å². The Bertz CT molecular complexity index is 175. The smallest absolute Gasteiger partial charge is 0.0715 e. The molecule has 0 bridgehead atoms. The van der Waals surface area contributed by atoms with Crippen LogP contribution in [0.25, 0.3) is 0 Å². The lowest BCUT2D eigenvalue weighted by Gasteiger charge is -2.35. The molecule has 3 heteroatoms. The van der Waals surface area contributed by atoms with Crippen molar-refractivity contribution in [2.24, 2.45) is 17.7 Å². The first-order valence-electron chi connectivity index (χ1n) is 6.26. The highest BCUT2D eigenvalue weighted by Crippen LogP contribution is 2.32. The van der Waals surface area contributed by atoms with Crippen LogP contribution in [0.15, 0.2) is 0 Å². The van der Waals surface area contributed by atoms with Gasteiger partial charge in [0.2, 0.25) is 0 Å². The van der Waals surface area contributed by atoms with Gasteiger partial charge in [0.15, 0.2) is 0 Å². The third-order valence-electron chi connectivity index (χ3n) is 3.61. The van der Waals surface area contributed by atoms with E-state index in [-0.39, 0.29) is 6.10 Å². The van der Waals surface area contributed by atoms with Gasteiger partial charge in [0, 0.05) is 12.6 Å². The highest BCUT2D eigenvalue weighted by Gasteiger charge is 2.29. The minimum Gasteiger partial charge on any atom is -0.377 e. The first-order chi connectivity index (χ1) is 7.19. The average Bonchev–Trinajstić information content (AvgIpc) is 2.19. The van der Waals surface area contributed by atoms with Crippen molar-refractivity contribution in [1.29, 1.82) is 0 Å². The van der Waals surface area contributed by atoms with Crippen molar-refractivity contribution in [2.45, 2.75) is 58.6 Å². The van der Waals surface area contributed by atoms with Crippen molar-refractivity contribution in [3.8, 4) is 0 Å². The number of ether oxygens (including phenoxy) is 1. The maximum atomic E-state index is 5.65. The summed E-state index contributed by atoms with van der Waals surface area (Å²) in [4.78, 5) is 0. The van der Waals surface area contributed by atoms with E-state index in [1.807, 2.05) is 6.92 Å². The van der Waals surface area contributed by atoms with Crippen molar-refractivity contribution in [3.63, 3.8) is 0 Å². The summed E-state index contributed by atoms with van der Waals surface area (Å²) in [5.41, 5.74) is 2.95. The molecule has 90 valence electrons. The Kier molecular flexibility index (Phi) is 5.58. The van der Waals surface area contributed by atoms with Gasteiger partial charge in [-0.05, 0) is 38.5 Å². The van der Waals surface area contributed by atoms with Gasteiger partial charge in [-0.1, -0.05) is 19.8 Å². The van der Waals surface area contributed by atoms with E-state index >= 15 is 0 Å². The summed E-state index contributed by atoms with van der Waals surface area (Å²) in [5.74, 6) is 7.17. The van der Waals surface area contributed by atoms with Gasteiger partial charge in [0.25, 0.3) is 0 Å². The lowest BCUT2D eigenvalue weighted by atomic mass is 9.77. The van der Waals surface area contributed by atoms with E-state index in [2.05, 4.69) is 19.3 Å². The van der Waals surface area contributed by atoms with Crippen LogP contribution >= 0.6 is 0 Å². The summed E-state index contributed by atoms with van der Waals surface area (Å²) < 4.78 is 5.64. The lowest BCUT2D eigenvalue weighted by Crippen LogP contribution is -2.49. The molecule has 0 aromatic rings. The Morgan fingerprint density at radius 1 is 1.47 bits per heavy atom. The molecule has 0 radical (unpaired) electrons. The van der Waals surface area contributed by atoms with Crippen molar-refractivity contribution in [1.82, 2.24) is 5.43 Å². The Morgan fingerprint density at radius 2 is 2.20 bits per heavy atom. The Balaban J connectivity index is 2.48. The van der Waals surface area contributed by atoms with Gasteiger partial charge in [-0.3, -0.25) is 11.3 Å². The van der Waals surface area contributed by atoms with Gasteiger partial charge in [0.1, 0.15) is 0 Å². The molecule has 1 saturated carbocycles. The molecule has 0 aromatic carbocycles. The number of hydrazine groups is 1. The van der Waals surface area contributed by atoms with Crippen molar-refractivity contribution in [3.05, 3.63) is 0 Å². The maximum absolute atomic E-state index is 5.65. The molecular formula is C12H26N2O. The second kappa shape index (κ2) is 6.46. The van der Waals surface area contributed by atoms with Crippen LogP contribution in [0, 0.1) is 11.8 Å². The zero-order chi connectivity index (χ0) is 11.3. The number of nitrogens with one attached hydrogen (secondary N) is 1. The maximum Gasteiger partial charge on any atom is 0.0715 e. The van der Waals surface area contributed by atoms with E-state index in [0.29, 0.717) is 12.0 Å². The fourth-order valence-electron chi connectivity index (χ4n) is 2.83.